The Bertz CT molecular complexity index is 446. The van der Waals surface area contributed by atoms with E-state index in [9.17, 15) is 0 Å². The number of hydrogen-bond donors (Lipinski definition) is 1. The molecule has 0 bridgehead atoms. The van der Waals surface area contributed by atoms with Crippen LogP contribution in [0.2, 0.25) is 0 Å². The Morgan fingerprint density at radius 3 is 2.48 bits per heavy atom. The summed E-state index contributed by atoms with van der Waals surface area (Å²) >= 11 is 0. The second-order valence-electron chi connectivity index (χ2n) is 6.58. The van der Waals surface area contributed by atoms with E-state index in [4.69, 9.17) is 10.5 Å². The highest BCUT2D eigenvalue weighted by molar-refractivity contribution is 5.28. The molecule has 2 rings (SSSR count). The van der Waals surface area contributed by atoms with Gasteiger partial charge in [-0.1, -0.05) is 12.1 Å². The minimum Gasteiger partial charge on any atom is -0.497 e. The third kappa shape index (κ3) is 3.76. The van der Waals surface area contributed by atoms with Crippen molar-refractivity contribution in [2.24, 2.45) is 5.73 Å². The largest absolute Gasteiger partial charge is 0.497 e. The van der Waals surface area contributed by atoms with Gasteiger partial charge in [0, 0.05) is 31.2 Å². The summed E-state index contributed by atoms with van der Waals surface area (Å²) < 4.78 is 5.23. The number of methoxy groups -OCH3 is 1. The fourth-order valence-corrected chi connectivity index (χ4v) is 3.15. The Kier molecular flexibility index (Phi) is 5.25. The van der Waals surface area contributed by atoms with Gasteiger partial charge in [0.15, 0.2) is 0 Å². The third-order valence-corrected chi connectivity index (χ3v) is 4.84. The molecule has 0 saturated carbocycles. The molecule has 2 unspecified atom stereocenters. The van der Waals surface area contributed by atoms with Gasteiger partial charge < -0.3 is 15.4 Å². The highest BCUT2D eigenvalue weighted by Crippen LogP contribution is 2.27. The molecule has 1 aliphatic heterocycles. The van der Waals surface area contributed by atoms with Gasteiger partial charge in [-0.25, -0.2) is 0 Å². The zero-order valence-corrected chi connectivity index (χ0v) is 13.8. The van der Waals surface area contributed by atoms with E-state index in [0.29, 0.717) is 12.6 Å². The van der Waals surface area contributed by atoms with Crippen molar-refractivity contribution in [1.82, 2.24) is 9.80 Å². The fraction of sp³-hybridized carbons (Fsp3) is 0.647. The van der Waals surface area contributed by atoms with Crippen LogP contribution in [0.1, 0.15) is 18.9 Å². The molecule has 1 heterocycles. The first-order valence-corrected chi connectivity index (χ1v) is 7.73. The van der Waals surface area contributed by atoms with Crippen molar-refractivity contribution in [2.75, 3.05) is 40.8 Å². The Morgan fingerprint density at radius 2 is 2.00 bits per heavy atom. The van der Waals surface area contributed by atoms with Crippen LogP contribution in [0.3, 0.4) is 0 Å². The van der Waals surface area contributed by atoms with E-state index in [0.717, 1.165) is 25.3 Å². The number of ether oxygens (including phenoxy) is 1. The Hall–Kier alpha value is -1.10. The van der Waals surface area contributed by atoms with E-state index in [-0.39, 0.29) is 5.54 Å². The SMILES string of the molecule is COc1ccc(CC(C)(CN)N2CCC(N(C)C)C2)cc1. The molecular weight excluding hydrogens is 262 g/mol. The summed E-state index contributed by atoms with van der Waals surface area (Å²) in [7, 11) is 6.03. The van der Waals surface area contributed by atoms with Crippen LogP contribution in [-0.4, -0.2) is 62.2 Å². The highest BCUT2D eigenvalue weighted by Gasteiger charge is 2.36. The van der Waals surface area contributed by atoms with Gasteiger partial charge in [-0.3, -0.25) is 4.90 Å². The minimum atomic E-state index is 0.0271. The lowest BCUT2D eigenvalue weighted by molar-refractivity contribution is 0.131. The monoisotopic (exact) mass is 291 g/mol. The van der Waals surface area contributed by atoms with Crippen LogP contribution in [0, 0.1) is 0 Å². The molecule has 21 heavy (non-hydrogen) atoms. The van der Waals surface area contributed by atoms with Crippen LogP contribution in [0.4, 0.5) is 0 Å². The smallest absolute Gasteiger partial charge is 0.118 e. The maximum absolute atomic E-state index is 6.13. The van der Waals surface area contributed by atoms with E-state index < -0.39 is 0 Å². The van der Waals surface area contributed by atoms with E-state index in [1.807, 2.05) is 12.1 Å². The number of nitrogens with zero attached hydrogens (tertiary/aromatic N) is 2. The summed E-state index contributed by atoms with van der Waals surface area (Å²) in [6, 6.07) is 8.99. The Morgan fingerprint density at radius 1 is 1.33 bits per heavy atom. The van der Waals surface area contributed by atoms with Crippen LogP contribution in [0.15, 0.2) is 24.3 Å². The highest BCUT2D eigenvalue weighted by atomic mass is 16.5. The number of hydrogen-bond acceptors (Lipinski definition) is 4. The summed E-state index contributed by atoms with van der Waals surface area (Å²) in [5.74, 6) is 0.905. The number of rotatable bonds is 6. The average Bonchev–Trinajstić information content (AvgIpc) is 2.98. The summed E-state index contributed by atoms with van der Waals surface area (Å²) in [5, 5.41) is 0. The first kappa shape index (κ1) is 16.3. The topological polar surface area (TPSA) is 41.7 Å². The van der Waals surface area contributed by atoms with Gasteiger partial charge in [0.2, 0.25) is 0 Å². The number of nitrogens with two attached hydrogens (primary N) is 1. The standard InChI is InChI=1S/C17H29N3O/c1-17(13-18,20-10-9-15(12-20)19(2)3)11-14-5-7-16(21-4)8-6-14/h5-8,15H,9-13,18H2,1-4H3. The molecule has 118 valence electrons. The van der Waals surface area contributed by atoms with Crippen LogP contribution < -0.4 is 10.5 Å². The van der Waals surface area contributed by atoms with Crippen molar-refractivity contribution >= 4 is 0 Å². The maximum Gasteiger partial charge on any atom is 0.118 e. The zero-order valence-electron chi connectivity index (χ0n) is 13.8. The lowest BCUT2D eigenvalue weighted by Crippen LogP contribution is -2.53. The first-order chi connectivity index (χ1) is 9.98. The third-order valence-electron chi connectivity index (χ3n) is 4.84. The van der Waals surface area contributed by atoms with E-state index >= 15 is 0 Å². The molecule has 0 aliphatic carbocycles. The molecule has 1 saturated heterocycles. The van der Waals surface area contributed by atoms with Crippen molar-refractivity contribution < 1.29 is 4.74 Å². The molecule has 4 heteroatoms. The molecule has 2 N–H and O–H groups in total. The van der Waals surface area contributed by atoms with Gasteiger partial charge in [0.05, 0.1) is 7.11 Å². The lowest BCUT2D eigenvalue weighted by Gasteiger charge is -2.38. The molecular formula is C17H29N3O. The molecule has 2 atom stereocenters. The number of likely N-dealkylation sites (N-methyl/N-ethyl adjacent to an activating group) is 1. The molecule has 1 aromatic carbocycles. The predicted molar refractivity (Wildman–Crippen MR) is 87.8 cm³/mol. The van der Waals surface area contributed by atoms with Crippen LogP contribution in [0.5, 0.6) is 5.75 Å². The van der Waals surface area contributed by atoms with E-state index in [1.54, 1.807) is 7.11 Å². The second kappa shape index (κ2) is 6.77. The van der Waals surface area contributed by atoms with E-state index in [2.05, 4.69) is 43.0 Å². The van der Waals surface area contributed by atoms with Gasteiger partial charge in [-0.2, -0.15) is 0 Å². The second-order valence-corrected chi connectivity index (χ2v) is 6.58. The molecule has 1 aromatic rings. The van der Waals surface area contributed by atoms with Gasteiger partial charge in [-0.15, -0.1) is 0 Å². The summed E-state index contributed by atoms with van der Waals surface area (Å²) in [6.45, 7) is 5.21. The zero-order chi connectivity index (χ0) is 15.5. The molecule has 0 radical (unpaired) electrons. The summed E-state index contributed by atoms with van der Waals surface area (Å²) in [5.41, 5.74) is 7.48. The van der Waals surface area contributed by atoms with Crippen molar-refractivity contribution in [3.8, 4) is 5.75 Å². The predicted octanol–water partition coefficient (Wildman–Crippen LogP) is 1.59. The maximum atomic E-state index is 6.13. The molecule has 0 aromatic heterocycles. The molecule has 0 amide bonds. The first-order valence-electron chi connectivity index (χ1n) is 7.73. The molecule has 1 aliphatic rings. The van der Waals surface area contributed by atoms with Gasteiger partial charge in [-0.05, 0) is 51.6 Å². The number of benzene rings is 1. The molecule has 0 spiro atoms. The quantitative estimate of drug-likeness (QED) is 0.864. The average molecular weight is 291 g/mol. The normalized spacial score (nSPS) is 22.5. The lowest BCUT2D eigenvalue weighted by atomic mass is 9.91. The summed E-state index contributed by atoms with van der Waals surface area (Å²) in [4.78, 5) is 4.88. The van der Waals surface area contributed by atoms with Gasteiger partial charge >= 0.3 is 0 Å². The number of likely N-dealkylation sites (tertiary alicyclic amines) is 1. The van der Waals surface area contributed by atoms with Crippen LogP contribution in [-0.2, 0) is 6.42 Å². The Balaban J connectivity index is 2.06. The van der Waals surface area contributed by atoms with Crippen molar-refractivity contribution in [3.05, 3.63) is 29.8 Å². The van der Waals surface area contributed by atoms with Gasteiger partial charge in [0.25, 0.3) is 0 Å². The Labute approximate surface area is 128 Å². The van der Waals surface area contributed by atoms with Crippen molar-refractivity contribution in [1.29, 1.82) is 0 Å². The molecule has 1 fully saturated rings. The molecule has 4 nitrogen and oxygen atoms in total. The van der Waals surface area contributed by atoms with Crippen LogP contribution in [0.25, 0.3) is 0 Å². The summed E-state index contributed by atoms with van der Waals surface area (Å²) in [6.07, 6.45) is 2.21. The van der Waals surface area contributed by atoms with Crippen molar-refractivity contribution in [2.45, 2.75) is 31.3 Å². The van der Waals surface area contributed by atoms with Gasteiger partial charge in [0.1, 0.15) is 5.75 Å². The van der Waals surface area contributed by atoms with Crippen molar-refractivity contribution in [3.63, 3.8) is 0 Å². The van der Waals surface area contributed by atoms with Crippen LogP contribution >= 0.6 is 0 Å². The minimum absolute atomic E-state index is 0.0271. The fourth-order valence-electron chi connectivity index (χ4n) is 3.15. The van der Waals surface area contributed by atoms with E-state index in [1.165, 1.54) is 12.0 Å².